The highest BCUT2D eigenvalue weighted by Gasteiger charge is 2.15. The Morgan fingerprint density at radius 1 is 0.500 bits per heavy atom. The molecule has 0 rings (SSSR count). The number of carbonyl (C=O) groups is 4. The van der Waals surface area contributed by atoms with Gasteiger partial charge in [-0.1, -0.05) is 110 Å². The molecular weight excluding hydrogens is 610 g/mol. The number of unbranched alkanes of at least 4 members (excludes halogenated alkanes) is 19. The molecule has 0 aromatic heterocycles. The summed E-state index contributed by atoms with van der Waals surface area (Å²) < 4.78 is 5.36. The lowest BCUT2D eigenvalue weighted by molar-refractivity contribution is -0.146. The standard InChI is InChI=1S/C37H73N5O6/c1-2-3-4-5-6-9-12-15-18-27-34(43)41-29-22-20-25-32(38)36(45)47-31-24-17-14-11-8-7-10-13-16-19-28-35(44)42-30-23-21-26-33(39)37(46)48-40/h32-33H,2-31,38-40H2,1H3,(H,41,43)(H,42,44). The van der Waals surface area contributed by atoms with E-state index in [4.69, 9.17) is 22.1 Å². The van der Waals surface area contributed by atoms with Gasteiger partial charge in [-0.3, -0.25) is 14.4 Å². The summed E-state index contributed by atoms with van der Waals surface area (Å²) in [5.41, 5.74) is 11.6. The highest BCUT2D eigenvalue weighted by molar-refractivity contribution is 5.76. The van der Waals surface area contributed by atoms with Gasteiger partial charge in [0.2, 0.25) is 11.8 Å². The fourth-order valence-electron chi connectivity index (χ4n) is 5.61. The van der Waals surface area contributed by atoms with Crippen LogP contribution >= 0.6 is 0 Å². The summed E-state index contributed by atoms with van der Waals surface area (Å²) in [4.78, 5) is 51.3. The molecule has 8 N–H and O–H groups in total. The SMILES string of the molecule is CCCCCCCCCCCC(=O)NCCCCC(N)C(=O)OCCCCCCCCCCCCC(=O)NCCCCC(N)C(=O)ON. The zero-order valence-electron chi connectivity index (χ0n) is 30.5. The monoisotopic (exact) mass is 684 g/mol. The van der Waals surface area contributed by atoms with Gasteiger partial charge in [0.15, 0.2) is 0 Å². The zero-order chi connectivity index (χ0) is 35.5. The van der Waals surface area contributed by atoms with Gasteiger partial charge in [0.05, 0.1) is 6.61 Å². The fourth-order valence-corrected chi connectivity index (χ4v) is 5.61. The largest absolute Gasteiger partial charge is 0.465 e. The van der Waals surface area contributed by atoms with Crippen molar-refractivity contribution in [3.8, 4) is 0 Å². The smallest absolute Gasteiger partial charge is 0.341 e. The molecule has 2 amide bonds. The van der Waals surface area contributed by atoms with E-state index in [2.05, 4.69) is 22.4 Å². The summed E-state index contributed by atoms with van der Waals surface area (Å²) in [5, 5.41) is 5.90. The van der Waals surface area contributed by atoms with Crippen molar-refractivity contribution in [2.75, 3.05) is 19.7 Å². The Bertz CT molecular complexity index is 800. The third-order valence-electron chi connectivity index (χ3n) is 8.80. The average molecular weight is 684 g/mol. The first-order valence-electron chi connectivity index (χ1n) is 19.4. The molecule has 0 fully saturated rings. The van der Waals surface area contributed by atoms with Crippen LogP contribution in [0.1, 0.15) is 180 Å². The average Bonchev–Trinajstić information content (AvgIpc) is 3.08. The number of nitrogens with two attached hydrogens (primary N) is 3. The minimum atomic E-state index is -0.707. The molecule has 0 bridgehead atoms. The second-order valence-electron chi connectivity index (χ2n) is 13.4. The van der Waals surface area contributed by atoms with Crippen molar-refractivity contribution in [3.63, 3.8) is 0 Å². The number of hydrogen-bond donors (Lipinski definition) is 5. The van der Waals surface area contributed by atoms with Crippen LogP contribution in [0.5, 0.6) is 0 Å². The molecule has 0 aliphatic carbocycles. The molecule has 0 aromatic rings. The van der Waals surface area contributed by atoms with E-state index in [1.807, 2.05) is 0 Å². The Balaban J connectivity index is 3.44. The van der Waals surface area contributed by atoms with Gasteiger partial charge in [0.25, 0.3) is 0 Å². The number of ether oxygens (including phenoxy) is 1. The van der Waals surface area contributed by atoms with Crippen LogP contribution in [0.4, 0.5) is 0 Å². The van der Waals surface area contributed by atoms with E-state index in [1.165, 1.54) is 70.6 Å². The molecule has 0 aliphatic rings. The van der Waals surface area contributed by atoms with E-state index in [0.717, 1.165) is 77.0 Å². The second kappa shape index (κ2) is 34.6. The molecular formula is C37H73N5O6. The fraction of sp³-hybridized carbons (Fsp3) is 0.892. The number of nitrogens with one attached hydrogen (secondary N) is 2. The number of amides is 2. The summed E-state index contributed by atoms with van der Waals surface area (Å²) in [6.07, 6.45) is 27.5. The Morgan fingerprint density at radius 2 is 0.875 bits per heavy atom. The Kier molecular flexibility index (Phi) is 33.0. The molecule has 0 saturated heterocycles. The highest BCUT2D eigenvalue weighted by atomic mass is 16.7. The third-order valence-corrected chi connectivity index (χ3v) is 8.80. The molecule has 2 unspecified atom stereocenters. The van der Waals surface area contributed by atoms with Crippen molar-refractivity contribution in [2.24, 2.45) is 17.4 Å². The van der Waals surface area contributed by atoms with Crippen LogP contribution in [0.3, 0.4) is 0 Å². The summed E-state index contributed by atoms with van der Waals surface area (Å²) >= 11 is 0. The second-order valence-corrected chi connectivity index (χ2v) is 13.4. The van der Waals surface area contributed by atoms with E-state index in [1.54, 1.807) is 0 Å². The van der Waals surface area contributed by atoms with Crippen molar-refractivity contribution in [2.45, 2.75) is 192 Å². The van der Waals surface area contributed by atoms with Crippen LogP contribution in [0.25, 0.3) is 0 Å². The summed E-state index contributed by atoms with van der Waals surface area (Å²) in [6, 6.07) is -1.30. The summed E-state index contributed by atoms with van der Waals surface area (Å²) in [7, 11) is 0. The molecule has 48 heavy (non-hydrogen) atoms. The van der Waals surface area contributed by atoms with Gasteiger partial charge in [-0.25, -0.2) is 4.79 Å². The molecule has 2 atom stereocenters. The van der Waals surface area contributed by atoms with Gasteiger partial charge < -0.3 is 31.7 Å². The number of carbonyl (C=O) groups excluding carboxylic acids is 4. The first kappa shape index (κ1) is 45.8. The van der Waals surface area contributed by atoms with Crippen molar-refractivity contribution in [3.05, 3.63) is 0 Å². The van der Waals surface area contributed by atoms with Gasteiger partial charge in [-0.15, -0.1) is 0 Å². The molecule has 11 heteroatoms. The minimum absolute atomic E-state index is 0.0739. The van der Waals surface area contributed by atoms with Crippen molar-refractivity contribution in [1.29, 1.82) is 0 Å². The molecule has 11 nitrogen and oxygen atoms in total. The zero-order valence-corrected chi connectivity index (χ0v) is 30.5. The predicted octanol–water partition coefficient (Wildman–Crippen LogP) is 6.39. The molecule has 282 valence electrons. The van der Waals surface area contributed by atoms with Gasteiger partial charge >= 0.3 is 11.9 Å². The first-order chi connectivity index (χ1) is 23.3. The topological polar surface area (TPSA) is 189 Å². The lowest BCUT2D eigenvalue weighted by Gasteiger charge is -2.12. The maximum Gasteiger partial charge on any atom is 0.341 e. The third kappa shape index (κ3) is 31.1. The lowest BCUT2D eigenvalue weighted by atomic mass is 10.1. The van der Waals surface area contributed by atoms with Crippen LogP contribution in [0.2, 0.25) is 0 Å². The molecule has 0 spiro atoms. The molecule has 0 heterocycles. The highest BCUT2D eigenvalue weighted by Crippen LogP contribution is 2.13. The summed E-state index contributed by atoms with van der Waals surface area (Å²) in [5.74, 6) is 4.07. The molecule has 0 radical (unpaired) electrons. The van der Waals surface area contributed by atoms with Crippen LogP contribution < -0.4 is 28.0 Å². The van der Waals surface area contributed by atoms with Crippen LogP contribution in [0.15, 0.2) is 0 Å². The maximum atomic E-state index is 12.2. The van der Waals surface area contributed by atoms with E-state index >= 15 is 0 Å². The molecule has 0 aromatic carbocycles. The Labute approximate surface area is 292 Å². The van der Waals surface area contributed by atoms with Crippen molar-refractivity contribution >= 4 is 23.8 Å². The molecule has 0 aliphatic heterocycles. The first-order valence-corrected chi connectivity index (χ1v) is 19.4. The number of hydrogen-bond acceptors (Lipinski definition) is 9. The van der Waals surface area contributed by atoms with Crippen molar-refractivity contribution < 1.29 is 28.8 Å². The van der Waals surface area contributed by atoms with Crippen LogP contribution in [-0.2, 0) is 28.8 Å². The van der Waals surface area contributed by atoms with E-state index in [0.29, 0.717) is 45.4 Å². The van der Waals surface area contributed by atoms with Gasteiger partial charge in [-0.2, -0.15) is 5.90 Å². The van der Waals surface area contributed by atoms with Crippen molar-refractivity contribution in [1.82, 2.24) is 10.6 Å². The Hall–Kier alpha value is -2.24. The predicted molar refractivity (Wildman–Crippen MR) is 194 cm³/mol. The quantitative estimate of drug-likeness (QED) is 0.0286. The normalized spacial score (nSPS) is 12.3. The van der Waals surface area contributed by atoms with E-state index in [-0.39, 0.29) is 17.8 Å². The Morgan fingerprint density at radius 3 is 1.29 bits per heavy atom. The summed E-state index contributed by atoms with van der Waals surface area (Å²) in [6.45, 7) is 3.88. The lowest BCUT2D eigenvalue weighted by Crippen LogP contribution is -2.34. The minimum Gasteiger partial charge on any atom is -0.465 e. The number of rotatable bonds is 35. The van der Waals surface area contributed by atoms with E-state index in [9.17, 15) is 19.2 Å². The maximum absolute atomic E-state index is 12.2. The van der Waals surface area contributed by atoms with Crippen LogP contribution in [0, 0.1) is 0 Å². The van der Waals surface area contributed by atoms with E-state index < -0.39 is 18.1 Å². The molecule has 0 saturated carbocycles. The van der Waals surface area contributed by atoms with Gasteiger partial charge in [0, 0.05) is 25.9 Å². The van der Waals surface area contributed by atoms with Gasteiger partial charge in [-0.05, 0) is 57.8 Å². The van der Waals surface area contributed by atoms with Gasteiger partial charge in [0.1, 0.15) is 12.1 Å². The van der Waals surface area contributed by atoms with Crippen LogP contribution in [-0.4, -0.2) is 55.5 Å². The number of esters is 1.